The van der Waals surface area contributed by atoms with E-state index in [1.54, 1.807) is 6.20 Å². The zero-order chi connectivity index (χ0) is 11.8. The molecular formula is C12H17N3S. The molecule has 1 heterocycles. The molecule has 1 rings (SSSR count). The van der Waals surface area contributed by atoms with Gasteiger partial charge in [-0.25, -0.2) is 4.98 Å². The lowest BCUT2D eigenvalue weighted by atomic mass is 10.3. The molecule has 1 N–H and O–H groups in total. The predicted molar refractivity (Wildman–Crippen MR) is 72.5 cm³/mol. The zero-order valence-corrected chi connectivity index (χ0v) is 10.5. The van der Waals surface area contributed by atoms with Crippen molar-refractivity contribution in [1.29, 1.82) is 0 Å². The Labute approximate surface area is 102 Å². The third kappa shape index (κ3) is 4.40. The molecule has 0 saturated carbocycles. The first-order valence-electron chi connectivity index (χ1n) is 5.28. The van der Waals surface area contributed by atoms with Crippen molar-refractivity contribution < 1.29 is 0 Å². The first kappa shape index (κ1) is 12.6. The minimum atomic E-state index is 0.697. The van der Waals surface area contributed by atoms with Crippen LogP contribution in [0.4, 0.5) is 5.82 Å². The van der Waals surface area contributed by atoms with Crippen LogP contribution in [-0.2, 0) is 0 Å². The van der Waals surface area contributed by atoms with Gasteiger partial charge >= 0.3 is 0 Å². The van der Waals surface area contributed by atoms with Crippen LogP contribution in [0.2, 0.25) is 0 Å². The van der Waals surface area contributed by atoms with Crippen molar-refractivity contribution in [1.82, 2.24) is 9.88 Å². The van der Waals surface area contributed by atoms with E-state index >= 15 is 0 Å². The highest BCUT2D eigenvalue weighted by atomic mass is 32.1. The molecule has 0 atom stereocenters. The number of aromatic nitrogens is 1. The van der Waals surface area contributed by atoms with E-state index in [1.807, 2.05) is 43.1 Å². The molecule has 1 aromatic heterocycles. The maximum atomic E-state index is 5.26. The fourth-order valence-electron chi connectivity index (χ4n) is 1.18. The van der Waals surface area contributed by atoms with Gasteiger partial charge in [-0.15, -0.1) is 0 Å². The number of thiocarbonyl (C=S) groups is 1. The largest absolute Gasteiger partial charge is 0.352 e. The van der Waals surface area contributed by atoms with Gasteiger partial charge in [0.25, 0.3) is 0 Å². The Morgan fingerprint density at radius 3 is 3.00 bits per heavy atom. The average Bonchev–Trinajstić information content (AvgIpc) is 2.30. The summed E-state index contributed by atoms with van der Waals surface area (Å²) in [7, 11) is 1.97. The summed E-state index contributed by atoms with van der Waals surface area (Å²) < 4.78 is 0. The SMILES string of the molecule is CC=CCCN(C)C(=S)Nc1ccccn1. The van der Waals surface area contributed by atoms with Crippen LogP contribution >= 0.6 is 12.2 Å². The third-order valence-corrected chi connectivity index (χ3v) is 2.53. The van der Waals surface area contributed by atoms with Crippen molar-refractivity contribution in [2.45, 2.75) is 13.3 Å². The van der Waals surface area contributed by atoms with E-state index in [0.29, 0.717) is 5.11 Å². The maximum absolute atomic E-state index is 5.26. The van der Waals surface area contributed by atoms with Gasteiger partial charge in [0, 0.05) is 19.8 Å². The highest BCUT2D eigenvalue weighted by Crippen LogP contribution is 2.02. The van der Waals surface area contributed by atoms with E-state index in [4.69, 9.17) is 12.2 Å². The predicted octanol–water partition coefficient (Wildman–Crippen LogP) is 2.68. The molecule has 0 saturated heterocycles. The van der Waals surface area contributed by atoms with Crippen LogP contribution in [0.5, 0.6) is 0 Å². The Morgan fingerprint density at radius 1 is 1.56 bits per heavy atom. The molecule has 0 spiro atoms. The molecule has 0 aliphatic heterocycles. The van der Waals surface area contributed by atoms with Crippen LogP contribution in [0.1, 0.15) is 13.3 Å². The Kier molecular flexibility index (Phi) is 5.50. The smallest absolute Gasteiger partial charge is 0.174 e. The Bertz CT molecular complexity index is 349. The quantitative estimate of drug-likeness (QED) is 0.641. The van der Waals surface area contributed by atoms with E-state index < -0.39 is 0 Å². The van der Waals surface area contributed by atoms with E-state index in [9.17, 15) is 0 Å². The third-order valence-electron chi connectivity index (χ3n) is 2.11. The second-order valence-electron chi connectivity index (χ2n) is 3.42. The highest BCUT2D eigenvalue weighted by Gasteiger charge is 2.03. The second-order valence-corrected chi connectivity index (χ2v) is 3.81. The van der Waals surface area contributed by atoms with Gasteiger partial charge in [0.1, 0.15) is 5.82 Å². The van der Waals surface area contributed by atoms with Crippen LogP contribution in [0, 0.1) is 0 Å². The van der Waals surface area contributed by atoms with Crippen LogP contribution in [0.15, 0.2) is 36.5 Å². The molecule has 16 heavy (non-hydrogen) atoms. The molecule has 0 bridgehead atoms. The molecule has 0 aliphatic rings. The highest BCUT2D eigenvalue weighted by molar-refractivity contribution is 7.80. The topological polar surface area (TPSA) is 28.2 Å². The fourth-order valence-corrected chi connectivity index (χ4v) is 1.37. The number of nitrogens with zero attached hydrogens (tertiary/aromatic N) is 2. The first-order valence-corrected chi connectivity index (χ1v) is 5.69. The lowest BCUT2D eigenvalue weighted by molar-refractivity contribution is 0.521. The van der Waals surface area contributed by atoms with Gasteiger partial charge in [-0.2, -0.15) is 0 Å². The molecule has 1 aromatic rings. The summed E-state index contributed by atoms with van der Waals surface area (Å²) in [5.74, 6) is 0.783. The lowest BCUT2D eigenvalue weighted by Gasteiger charge is -2.19. The van der Waals surface area contributed by atoms with Crippen molar-refractivity contribution in [3.05, 3.63) is 36.5 Å². The van der Waals surface area contributed by atoms with Crippen molar-refractivity contribution in [2.75, 3.05) is 18.9 Å². The summed E-state index contributed by atoms with van der Waals surface area (Å²) >= 11 is 5.26. The number of anilines is 1. The number of hydrogen-bond donors (Lipinski definition) is 1. The Hall–Kier alpha value is -1.42. The molecule has 0 fully saturated rings. The number of rotatable bonds is 4. The molecule has 86 valence electrons. The van der Waals surface area contributed by atoms with Crippen molar-refractivity contribution >= 4 is 23.1 Å². The van der Waals surface area contributed by atoms with Gasteiger partial charge in [0.2, 0.25) is 0 Å². The summed E-state index contributed by atoms with van der Waals surface area (Å²) in [6.07, 6.45) is 6.91. The molecule has 4 heteroatoms. The molecule has 0 radical (unpaired) electrons. The minimum Gasteiger partial charge on any atom is -0.352 e. The van der Waals surface area contributed by atoms with Crippen LogP contribution in [-0.4, -0.2) is 28.6 Å². The molecule has 0 aromatic carbocycles. The summed E-state index contributed by atoms with van der Waals surface area (Å²) in [6.45, 7) is 2.92. The number of pyridine rings is 1. The monoisotopic (exact) mass is 235 g/mol. The maximum Gasteiger partial charge on any atom is 0.174 e. The number of nitrogens with one attached hydrogen (secondary N) is 1. The summed E-state index contributed by atoms with van der Waals surface area (Å²) in [5.41, 5.74) is 0. The standard InChI is InChI=1S/C12H17N3S/c1-3-4-7-10-15(2)12(16)14-11-8-5-6-9-13-11/h3-6,8-9H,7,10H2,1-2H3,(H,13,14,16). The van der Waals surface area contributed by atoms with Gasteiger partial charge in [-0.1, -0.05) is 18.2 Å². The van der Waals surface area contributed by atoms with Gasteiger partial charge in [0.15, 0.2) is 5.11 Å². The van der Waals surface area contributed by atoms with Crippen LogP contribution in [0.3, 0.4) is 0 Å². The van der Waals surface area contributed by atoms with Crippen molar-refractivity contribution in [3.63, 3.8) is 0 Å². The summed E-state index contributed by atoms with van der Waals surface area (Å²) in [5, 5.41) is 3.79. The van der Waals surface area contributed by atoms with Gasteiger partial charge in [-0.3, -0.25) is 0 Å². The lowest BCUT2D eigenvalue weighted by Crippen LogP contribution is -2.31. The Balaban J connectivity index is 2.40. The summed E-state index contributed by atoms with van der Waals surface area (Å²) in [4.78, 5) is 6.16. The van der Waals surface area contributed by atoms with Gasteiger partial charge in [-0.05, 0) is 37.7 Å². The number of allylic oxidation sites excluding steroid dienone is 1. The second kappa shape index (κ2) is 6.95. The summed E-state index contributed by atoms with van der Waals surface area (Å²) in [6, 6.07) is 5.70. The normalized spacial score (nSPS) is 10.4. The van der Waals surface area contributed by atoms with Gasteiger partial charge < -0.3 is 10.2 Å². The van der Waals surface area contributed by atoms with Crippen molar-refractivity contribution in [2.24, 2.45) is 0 Å². The molecule has 3 nitrogen and oxygen atoms in total. The van der Waals surface area contributed by atoms with Crippen molar-refractivity contribution in [3.8, 4) is 0 Å². The van der Waals surface area contributed by atoms with E-state index in [2.05, 4.69) is 16.4 Å². The average molecular weight is 235 g/mol. The molecular weight excluding hydrogens is 218 g/mol. The first-order chi connectivity index (χ1) is 7.74. The van der Waals surface area contributed by atoms with E-state index in [0.717, 1.165) is 18.8 Å². The zero-order valence-electron chi connectivity index (χ0n) is 9.68. The minimum absolute atomic E-state index is 0.697. The Morgan fingerprint density at radius 2 is 2.38 bits per heavy atom. The molecule has 0 amide bonds. The van der Waals surface area contributed by atoms with Gasteiger partial charge in [0.05, 0.1) is 0 Å². The van der Waals surface area contributed by atoms with E-state index in [1.165, 1.54) is 0 Å². The molecule has 0 unspecified atom stereocenters. The fraction of sp³-hybridized carbons (Fsp3) is 0.333. The number of hydrogen-bond acceptors (Lipinski definition) is 2. The molecule has 0 aliphatic carbocycles. The van der Waals surface area contributed by atoms with Crippen LogP contribution < -0.4 is 5.32 Å². The van der Waals surface area contributed by atoms with Crippen LogP contribution in [0.25, 0.3) is 0 Å². The van der Waals surface area contributed by atoms with E-state index in [-0.39, 0.29) is 0 Å².